The van der Waals surface area contributed by atoms with E-state index < -0.39 is 19.0 Å². The van der Waals surface area contributed by atoms with Crippen LogP contribution >= 0.6 is 0 Å². The second-order valence-electron chi connectivity index (χ2n) is 3.67. The Balaban J connectivity index is 2.84. The van der Waals surface area contributed by atoms with Crippen LogP contribution in [-0.2, 0) is 14.3 Å². The number of aliphatic hydroxyl groups excluding tert-OH is 1. The van der Waals surface area contributed by atoms with Crippen LogP contribution in [0.25, 0.3) is 0 Å². The maximum absolute atomic E-state index is 11.4. The van der Waals surface area contributed by atoms with Gasteiger partial charge in [-0.15, -0.1) is 0 Å². The van der Waals surface area contributed by atoms with Crippen LogP contribution in [0.4, 0.5) is 0 Å². The third-order valence-electron chi connectivity index (χ3n) is 2.26. The van der Waals surface area contributed by atoms with Crippen LogP contribution in [0.5, 0.6) is 5.75 Å². The lowest BCUT2D eigenvalue weighted by molar-refractivity contribution is -0.155. The highest BCUT2D eigenvalue weighted by molar-refractivity contribution is 5.96. The van der Waals surface area contributed by atoms with Crippen molar-refractivity contribution in [2.45, 2.75) is 19.3 Å². The van der Waals surface area contributed by atoms with E-state index in [4.69, 9.17) is 14.6 Å². The molecule has 1 aromatic rings. The highest BCUT2D eigenvalue weighted by atomic mass is 16.7. The summed E-state index contributed by atoms with van der Waals surface area (Å²) in [6, 6.07) is 6.34. The Kier molecular flexibility index (Phi) is 5.84. The molecule has 0 saturated carbocycles. The van der Waals surface area contributed by atoms with Crippen molar-refractivity contribution in [2.24, 2.45) is 0 Å². The van der Waals surface area contributed by atoms with Gasteiger partial charge in [-0.2, -0.15) is 0 Å². The van der Waals surface area contributed by atoms with Gasteiger partial charge < -0.3 is 19.4 Å². The molecule has 0 heterocycles. The zero-order valence-electron chi connectivity index (χ0n) is 10.3. The Hall–Kier alpha value is -2.05. The average Bonchev–Trinajstić information content (AvgIpc) is 2.43. The molecule has 0 aliphatic rings. The third-order valence-corrected chi connectivity index (χ3v) is 2.26. The molecular formula is C13H14O6. The van der Waals surface area contributed by atoms with E-state index in [1.807, 2.05) is 0 Å². The number of benzene rings is 1. The lowest BCUT2D eigenvalue weighted by atomic mass is 10.1. The SMILES string of the molecule is CC(=O)c1ccccc1OC(C=O)OC(C=O)CO. The van der Waals surface area contributed by atoms with Gasteiger partial charge in [-0.25, -0.2) is 0 Å². The molecule has 0 aliphatic carbocycles. The number of hydrogen-bond donors (Lipinski definition) is 1. The number of carbonyl (C=O) groups excluding carboxylic acids is 3. The maximum Gasteiger partial charge on any atom is 0.257 e. The second-order valence-corrected chi connectivity index (χ2v) is 3.67. The first kappa shape index (κ1) is 15.0. The topological polar surface area (TPSA) is 89.9 Å². The van der Waals surface area contributed by atoms with Gasteiger partial charge in [-0.05, 0) is 19.1 Å². The Morgan fingerprint density at radius 3 is 2.53 bits per heavy atom. The molecule has 2 atom stereocenters. The molecule has 0 amide bonds. The van der Waals surface area contributed by atoms with Gasteiger partial charge >= 0.3 is 0 Å². The highest BCUT2D eigenvalue weighted by Gasteiger charge is 2.18. The summed E-state index contributed by atoms with van der Waals surface area (Å²) in [6.07, 6.45) is -1.83. The van der Waals surface area contributed by atoms with Crippen LogP contribution in [0, 0.1) is 0 Å². The molecule has 0 fully saturated rings. The maximum atomic E-state index is 11.4. The van der Waals surface area contributed by atoms with Crippen molar-refractivity contribution < 1.29 is 29.0 Å². The van der Waals surface area contributed by atoms with Crippen molar-refractivity contribution in [3.63, 3.8) is 0 Å². The van der Waals surface area contributed by atoms with Gasteiger partial charge in [0, 0.05) is 0 Å². The summed E-state index contributed by atoms with van der Waals surface area (Å²) in [5, 5.41) is 8.80. The minimum Gasteiger partial charge on any atom is -0.457 e. The molecule has 102 valence electrons. The lowest BCUT2D eigenvalue weighted by Crippen LogP contribution is -2.31. The van der Waals surface area contributed by atoms with E-state index in [9.17, 15) is 14.4 Å². The molecular weight excluding hydrogens is 252 g/mol. The zero-order valence-corrected chi connectivity index (χ0v) is 10.3. The van der Waals surface area contributed by atoms with E-state index in [-0.39, 0.29) is 11.5 Å². The van der Waals surface area contributed by atoms with Gasteiger partial charge in [0.25, 0.3) is 6.29 Å². The van der Waals surface area contributed by atoms with Crippen molar-refractivity contribution >= 4 is 18.4 Å². The number of aliphatic hydroxyl groups is 1. The van der Waals surface area contributed by atoms with E-state index in [1.54, 1.807) is 18.2 Å². The van der Waals surface area contributed by atoms with E-state index in [2.05, 4.69) is 0 Å². The van der Waals surface area contributed by atoms with Crippen LogP contribution in [0.15, 0.2) is 24.3 Å². The monoisotopic (exact) mass is 266 g/mol. The van der Waals surface area contributed by atoms with E-state index in [1.165, 1.54) is 13.0 Å². The van der Waals surface area contributed by atoms with Gasteiger partial charge in [-0.3, -0.25) is 9.59 Å². The average molecular weight is 266 g/mol. The number of Topliss-reactive ketones (excluding diaryl/α,β-unsaturated/α-hetero) is 1. The molecule has 1 N–H and O–H groups in total. The highest BCUT2D eigenvalue weighted by Crippen LogP contribution is 2.20. The van der Waals surface area contributed by atoms with Crippen molar-refractivity contribution in [1.82, 2.24) is 0 Å². The number of hydrogen-bond acceptors (Lipinski definition) is 6. The number of ether oxygens (including phenoxy) is 2. The summed E-state index contributed by atoms with van der Waals surface area (Å²) < 4.78 is 10.1. The summed E-state index contributed by atoms with van der Waals surface area (Å²) >= 11 is 0. The number of aldehydes is 2. The van der Waals surface area contributed by atoms with Gasteiger partial charge in [0.05, 0.1) is 12.2 Å². The lowest BCUT2D eigenvalue weighted by Gasteiger charge is -2.18. The minimum atomic E-state index is -1.37. The van der Waals surface area contributed by atoms with Crippen molar-refractivity contribution in [1.29, 1.82) is 0 Å². The molecule has 6 nitrogen and oxygen atoms in total. The summed E-state index contributed by atoms with van der Waals surface area (Å²) in [6.45, 7) is 0.798. The molecule has 0 aliphatic heterocycles. The normalized spacial score (nSPS) is 13.4. The quantitative estimate of drug-likeness (QED) is 0.415. The fourth-order valence-electron chi connectivity index (χ4n) is 1.36. The van der Waals surface area contributed by atoms with Crippen LogP contribution in [0.2, 0.25) is 0 Å². The van der Waals surface area contributed by atoms with E-state index in [0.717, 1.165) is 0 Å². The zero-order chi connectivity index (χ0) is 14.3. The molecule has 0 saturated heterocycles. The third kappa shape index (κ3) is 4.27. The standard InChI is InChI=1S/C13H14O6/c1-9(17)11-4-2-3-5-12(11)19-13(8-16)18-10(6-14)7-15/h2-6,8,10,13,15H,7H2,1H3. The van der Waals surface area contributed by atoms with E-state index in [0.29, 0.717) is 18.1 Å². The van der Waals surface area contributed by atoms with Crippen LogP contribution in [-0.4, -0.2) is 42.5 Å². The molecule has 19 heavy (non-hydrogen) atoms. The molecule has 0 bridgehead atoms. The van der Waals surface area contributed by atoms with Crippen LogP contribution in [0.3, 0.4) is 0 Å². The first-order valence-corrected chi connectivity index (χ1v) is 5.56. The minimum absolute atomic E-state index is 0.176. The van der Waals surface area contributed by atoms with Crippen LogP contribution < -0.4 is 4.74 Å². The van der Waals surface area contributed by atoms with Gasteiger partial charge in [-0.1, -0.05) is 12.1 Å². The fourth-order valence-corrected chi connectivity index (χ4v) is 1.36. The summed E-state index contributed by atoms with van der Waals surface area (Å²) in [7, 11) is 0. The van der Waals surface area contributed by atoms with Crippen molar-refractivity contribution in [3.8, 4) is 5.75 Å². The Labute approximate surface area is 109 Å². The number of rotatable bonds is 8. The summed E-state index contributed by atoms with van der Waals surface area (Å²) in [5.41, 5.74) is 0.296. The summed E-state index contributed by atoms with van der Waals surface area (Å²) in [5.74, 6) is -0.0518. The number of para-hydroxylation sites is 1. The summed E-state index contributed by atoms with van der Waals surface area (Å²) in [4.78, 5) is 32.7. The van der Waals surface area contributed by atoms with Crippen LogP contribution in [0.1, 0.15) is 17.3 Å². The predicted molar refractivity (Wildman–Crippen MR) is 64.9 cm³/mol. The number of carbonyl (C=O) groups is 3. The molecule has 1 rings (SSSR count). The Morgan fingerprint density at radius 2 is 2.00 bits per heavy atom. The molecule has 0 aromatic heterocycles. The van der Waals surface area contributed by atoms with Gasteiger partial charge in [0.15, 0.2) is 18.4 Å². The van der Waals surface area contributed by atoms with Crippen molar-refractivity contribution in [3.05, 3.63) is 29.8 Å². The van der Waals surface area contributed by atoms with Gasteiger partial charge in [0.1, 0.15) is 11.9 Å². The molecule has 0 radical (unpaired) electrons. The first-order valence-electron chi connectivity index (χ1n) is 5.56. The predicted octanol–water partition coefficient (Wildman–Crippen LogP) is 0.369. The fraction of sp³-hybridized carbons (Fsp3) is 0.308. The number of ketones is 1. The largest absolute Gasteiger partial charge is 0.457 e. The second kappa shape index (κ2) is 7.40. The molecule has 6 heteroatoms. The van der Waals surface area contributed by atoms with Gasteiger partial charge in [0.2, 0.25) is 0 Å². The molecule has 1 aromatic carbocycles. The molecule has 2 unspecified atom stereocenters. The van der Waals surface area contributed by atoms with Crippen molar-refractivity contribution in [2.75, 3.05) is 6.61 Å². The molecule has 0 spiro atoms. The Bertz CT molecular complexity index is 456. The van der Waals surface area contributed by atoms with E-state index >= 15 is 0 Å². The smallest absolute Gasteiger partial charge is 0.257 e. The first-order chi connectivity index (χ1) is 9.12. The Morgan fingerprint density at radius 1 is 1.32 bits per heavy atom.